The quantitative estimate of drug-likeness (QED) is 0.755. The number of nitrogens with zero attached hydrogens (tertiary/aromatic N) is 1. The second-order valence-corrected chi connectivity index (χ2v) is 4.47. The molecule has 2 amide bonds. The average Bonchev–Trinajstić information content (AvgIpc) is 2.86. The summed E-state index contributed by atoms with van der Waals surface area (Å²) in [5.74, 6) is -0.902. The van der Waals surface area contributed by atoms with E-state index >= 15 is 0 Å². The van der Waals surface area contributed by atoms with Gasteiger partial charge in [-0.3, -0.25) is 10.2 Å². The number of aliphatic carboxylic acids is 1. The van der Waals surface area contributed by atoms with Crippen LogP contribution in [0, 0.1) is 0 Å². The molecule has 1 saturated heterocycles. The molecule has 1 heterocycles. The SMILES string of the molecule is O=C(NCc1ccccc1)NN1CCC[C@H]1C(=O)O. The number of carbonyl (C=O) groups is 2. The lowest BCUT2D eigenvalue weighted by Crippen LogP contribution is -2.51. The minimum Gasteiger partial charge on any atom is -0.480 e. The molecule has 1 aliphatic rings. The Morgan fingerprint density at radius 3 is 2.74 bits per heavy atom. The summed E-state index contributed by atoms with van der Waals surface area (Å²) in [5.41, 5.74) is 3.58. The van der Waals surface area contributed by atoms with Crippen molar-refractivity contribution in [2.45, 2.75) is 25.4 Å². The Morgan fingerprint density at radius 2 is 2.05 bits per heavy atom. The lowest BCUT2D eigenvalue weighted by molar-refractivity contribution is -0.142. The molecule has 1 aromatic carbocycles. The van der Waals surface area contributed by atoms with Gasteiger partial charge in [0.15, 0.2) is 0 Å². The highest BCUT2D eigenvalue weighted by atomic mass is 16.4. The summed E-state index contributed by atoms with van der Waals surface area (Å²) in [5, 5.41) is 13.2. The first-order valence-corrected chi connectivity index (χ1v) is 6.24. The molecule has 0 bridgehead atoms. The number of carboxylic acids is 1. The number of urea groups is 1. The van der Waals surface area contributed by atoms with Gasteiger partial charge in [0, 0.05) is 13.1 Å². The first-order valence-electron chi connectivity index (χ1n) is 6.24. The van der Waals surface area contributed by atoms with Gasteiger partial charge < -0.3 is 10.4 Å². The summed E-state index contributed by atoms with van der Waals surface area (Å²) in [6.45, 7) is 0.980. The molecule has 19 heavy (non-hydrogen) atoms. The molecule has 0 radical (unpaired) electrons. The summed E-state index contributed by atoms with van der Waals surface area (Å²) in [4.78, 5) is 22.6. The van der Waals surface area contributed by atoms with E-state index in [0.29, 0.717) is 19.5 Å². The predicted octanol–water partition coefficient (Wildman–Crippen LogP) is 0.950. The third-order valence-corrected chi connectivity index (χ3v) is 3.08. The average molecular weight is 263 g/mol. The molecule has 0 aliphatic carbocycles. The fourth-order valence-electron chi connectivity index (χ4n) is 2.11. The molecule has 0 unspecified atom stereocenters. The Hall–Kier alpha value is -2.08. The summed E-state index contributed by atoms with van der Waals surface area (Å²) in [6.07, 6.45) is 1.34. The van der Waals surface area contributed by atoms with Gasteiger partial charge in [0.2, 0.25) is 0 Å². The summed E-state index contributed by atoms with van der Waals surface area (Å²) in [6, 6.07) is 8.53. The smallest absolute Gasteiger partial charge is 0.329 e. The van der Waals surface area contributed by atoms with Crippen molar-refractivity contribution in [2.24, 2.45) is 0 Å². The molecular formula is C13H17N3O3. The van der Waals surface area contributed by atoms with Gasteiger partial charge in [0.1, 0.15) is 6.04 Å². The van der Waals surface area contributed by atoms with Crippen molar-refractivity contribution in [3.05, 3.63) is 35.9 Å². The van der Waals surface area contributed by atoms with Crippen molar-refractivity contribution in [3.8, 4) is 0 Å². The minimum absolute atomic E-state index is 0.378. The Kier molecular flexibility index (Phi) is 4.35. The molecule has 1 fully saturated rings. The van der Waals surface area contributed by atoms with E-state index in [1.165, 1.54) is 5.01 Å². The number of hydrogen-bond acceptors (Lipinski definition) is 3. The minimum atomic E-state index is -0.902. The van der Waals surface area contributed by atoms with Gasteiger partial charge in [-0.15, -0.1) is 0 Å². The zero-order valence-corrected chi connectivity index (χ0v) is 10.5. The Labute approximate surface area is 111 Å². The van der Waals surface area contributed by atoms with Gasteiger partial charge >= 0.3 is 12.0 Å². The highest BCUT2D eigenvalue weighted by Crippen LogP contribution is 2.14. The number of hydrazine groups is 1. The van der Waals surface area contributed by atoms with Crippen LogP contribution in [0.5, 0.6) is 0 Å². The van der Waals surface area contributed by atoms with Crippen LogP contribution < -0.4 is 10.7 Å². The zero-order chi connectivity index (χ0) is 13.7. The number of benzene rings is 1. The molecule has 102 valence electrons. The first-order chi connectivity index (χ1) is 9.16. The van der Waals surface area contributed by atoms with Crippen molar-refractivity contribution >= 4 is 12.0 Å². The van der Waals surface area contributed by atoms with Crippen LogP contribution in [0.4, 0.5) is 4.79 Å². The van der Waals surface area contributed by atoms with E-state index in [2.05, 4.69) is 10.7 Å². The third-order valence-electron chi connectivity index (χ3n) is 3.08. The molecular weight excluding hydrogens is 246 g/mol. The van der Waals surface area contributed by atoms with E-state index in [9.17, 15) is 9.59 Å². The van der Waals surface area contributed by atoms with Gasteiger partial charge in [0.05, 0.1) is 0 Å². The number of rotatable bonds is 4. The van der Waals surface area contributed by atoms with Crippen LogP contribution >= 0.6 is 0 Å². The fraction of sp³-hybridized carbons (Fsp3) is 0.385. The molecule has 0 spiro atoms. The van der Waals surface area contributed by atoms with Crippen LogP contribution in [0.25, 0.3) is 0 Å². The Morgan fingerprint density at radius 1 is 1.32 bits per heavy atom. The van der Waals surface area contributed by atoms with Gasteiger partial charge in [-0.2, -0.15) is 0 Å². The molecule has 0 saturated carbocycles. The molecule has 1 aromatic rings. The second kappa shape index (κ2) is 6.19. The lowest BCUT2D eigenvalue weighted by atomic mass is 10.2. The molecule has 1 aliphatic heterocycles. The number of carbonyl (C=O) groups excluding carboxylic acids is 1. The van der Waals surface area contributed by atoms with Crippen LogP contribution in [0.3, 0.4) is 0 Å². The van der Waals surface area contributed by atoms with Crippen molar-refractivity contribution in [1.82, 2.24) is 15.8 Å². The number of hydrogen-bond donors (Lipinski definition) is 3. The van der Waals surface area contributed by atoms with Crippen LogP contribution in [0.1, 0.15) is 18.4 Å². The fourth-order valence-corrected chi connectivity index (χ4v) is 2.11. The Balaban J connectivity index is 1.80. The van der Waals surface area contributed by atoms with Gasteiger partial charge in [-0.1, -0.05) is 30.3 Å². The van der Waals surface area contributed by atoms with Crippen LogP contribution in [-0.2, 0) is 11.3 Å². The third kappa shape index (κ3) is 3.69. The predicted molar refractivity (Wildman–Crippen MR) is 69.2 cm³/mol. The summed E-state index contributed by atoms with van der Waals surface area (Å²) < 4.78 is 0. The van der Waals surface area contributed by atoms with E-state index in [1.54, 1.807) is 0 Å². The number of carboxylic acid groups (broad SMARTS) is 1. The number of nitrogens with one attached hydrogen (secondary N) is 2. The van der Waals surface area contributed by atoms with Crippen LogP contribution in [0.2, 0.25) is 0 Å². The largest absolute Gasteiger partial charge is 0.480 e. The molecule has 0 aromatic heterocycles. The highest BCUT2D eigenvalue weighted by molar-refractivity contribution is 5.76. The van der Waals surface area contributed by atoms with Crippen LogP contribution in [-0.4, -0.2) is 34.7 Å². The standard InChI is InChI=1S/C13H17N3O3/c17-12(18)11-7-4-8-16(11)15-13(19)14-9-10-5-2-1-3-6-10/h1-3,5-6,11H,4,7-9H2,(H,17,18)(H2,14,15,19)/t11-/m0/s1. The van der Waals surface area contributed by atoms with Crippen LogP contribution in [0.15, 0.2) is 30.3 Å². The van der Waals surface area contributed by atoms with E-state index in [-0.39, 0.29) is 6.03 Å². The summed E-state index contributed by atoms with van der Waals surface area (Å²) >= 11 is 0. The van der Waals surface area contributed by atoms with Crippen molar-refractivity contribution in [2.75, 3.05) is 6.54 Å². The first kappa shape index (κ1) is 13.4. The summed E-state index contributed by atoms with van der Waals surface area (Å²) in [7, 11) is 0. The topological polar surface area (TPSA) is 81.7 Å². The van der Waals surface area contributed by atoms with E-state index < -0.39 is 12.0 Å². The zero-order valence-electron chi connectivity index (χ0n) is 10.5. The van der Waals surface area contributed by atoms with E-state index in [1.807, 2.05) is 30.3 Å². The molecule has 6 heteroatoms. The van der Waals surface area contributed by atoms with Crippen molar-refractivity contribution < 1.29 is 14.7 Å². The van der Waals surface area contributed by atoms with Gasteiger partial charge in [0.25, 0.3) is 0 Å². The van der Waals surface area contributed by atoms with E-state index in [4.69, 9.17) is 5.11 Å². The molecule has 3 N–H and O–H groups in total. The van der Waals surface area contributed by atoms with Gasteiger partial charge in [-0.05, 0) is 18.4 Å². The maximum Gasteiger partial charge on any atom is 0.329 e. The van der Waals surface area contributed by atoms with Crippen molar-refractivity contribution in [1.29, 1.82) is 0 Å². The molecule has 6 nitrogen and oxygen atoms in total. The normalized spacial score (nSPS) is 19.1. The lowest BCUT2D eigenvalue weighted by Gasteiger charge is -2.21. The van der Waals surface area contributed by atoms with Crippen molar-refractivity contribution in [3.63, 3.8) is 0 Å². The van der Waals surface area contributed by atoms with E-state index in [0.717, 1.165) is 12.0 Å². The monoisotopic (exact) mass is 263 g/mol. The maximum atomic E-state index is 11.7. The Bertz CT molecular complexity index is 450. The molecule has 1 atom stereocenters. The number of amides is 2. The van der Waals surface area contributed by atoms with Gasteiger partial charge in [-0.25, -0.2) is 9.80 Å². The highest BCUT2D eigenvalue weighted by Gasteiger charge is 2.31. The second-order valence-electron chi connectivity index (χ2n) is 4.47. The molecule has 2 rings (SSSR count). The maximum absolute atomic E-state index is 11.7.